The van der Waals surface area contributed by atoms with Crippen molar-refractivity contribution in [2.45, 2.75) is 75.9 Å². The van der Waals surface area contributed by atoms with Crippen molar-refractivity contribution in [1.29, 1.82) is 5.26 Å². The number of aryl methyl sites for hydroxylation is 2. The van der Waals surface area contributed by atoms with Gasteiger partial charge in [0.15, 0.2) is 0 Å². The van der Waals surface area contributed by atoms with Crippen LogP contribution in [0.15, 0.2) is 16.8 Å². The third-order valence-corrected chi connectivity index (χ3v) is 10.2. The molecule has 12 heteroatoms. The molecule has 0 aromatic carbocycles. The van der Waals surface area contributed by atoms with Crippen LogP contribution < -0.4 is 10.5 Å². The number of thiophene rings is 1. The van der Waals surface area contributed by atoms with Crippen molar-refractivity contribution in [3.05, 3.63) is 39.5 Å². The van der Waals surface area contributed by atoms with E-state index in [1.807, 2.05) is 19.3 Å². The van der Waals surface area contributed by atoms with Crippen LogP contribution in [0.25, 0.3) is 23.0 Å². The molecule has 1 aliphatic heterocycles. The van der Waals surface area contributed by atoms with Crippen LogP contribution in [0.5, 0.6) is 5.88 Å². The Morgan fingerprint density at radius 1 is 1.20 bits per heavy atom. The molecule has 2 aliphatic carbocycles. The van der Waals surface area contributed by atoms with Crippen LogP contribution in [0.2, 0.25) is 0 Å². The van der Waals surface area contributed by atoms with E-state index >= 15 is 0 Å². The van der Waals surface area contributed by atoms with Crippen LogP contribution >= 0.6 is 11.3 Å². The normalized spacial score (nSPS) is 22.8. The summed E-state index contributed by atoms with van der Waals surface area (Å²) in [4.78, 5) is 13.3. The SMILES string of the molecule is C[C@H](Oc1cc(-c2cn(C)nn2)nc(-c2onc3c2CCC[C@@]32CCCc3sc(N)c(C#N)c32)n1)[C@@H]1CCCN1C. The first-order valence-corrected chi connectivity index (χ1v) is 15.1. The van der Waals surface area contributed by atoms with Crippen molar-refractivity contribution < 1.29 is 9.26 Å². The third kappa shape index (κ3) is 4.21. The molecule has 1 saturated heterocycles. The van der Waals surface area contributed by atoms with E-state index in [4.69, 9.17) is 25.0 Å². The Kier molecular flexibility index (Phi) is 6.32. The molecule has 0 amide bonds. The van der Waals surface area contributed by atoms with Gasteiger partial charge in [-0.1, -0.05) is 10.4 Å². The van der Waals surface area contributed by atoms with Gasteiger partial charge in [0.2, 0.25) is 17.5 Å². The standard InChI is InChI=1S/C29H33N9O2S/c1-16(21-8-6-12-37(21)2)39-23-13-19(20-15-38(3)36-34-20)32-28(33-23)25-17-7-4-10-29(26(17)35-40-25)11-5-9-22-24(29)18(14-30)27(31)41-22/h13,15-16,21H,4-12,31H2,1-3H3/t16-,21-,29-/m0/s1. The van der Waals surface area contributed by atoms with Gasteiger partial charge in [-0.3, -0.25) is 9.58 Å². The highest BCUT2D eigenvalue weighted by atomic mass is 32.1. The van der Waals surface area contributed by atoms with E-state index in [9.17, 15) is 5.26 Å². The quantitative estimate of drug-likeness (QED) is 0.369. The van der Waals surface area contributed by atoms with Gasteiger partial charge in [0.1, 0.15) is 28.6 Å². The lowest BCUT2D eigenvalue weighted by Gasteiger charge is -2.39. The van der Waals surface area contributed by atoms with Crippen molar-refractivity contribution in [3.63, 3.8) is 0 Å². The Bertz CT molecular complexity index is 1660. The number of nitrogens with two attached hydrogens (primary N) is 1. The van der Waals surface area contributed by atoms with Crippen LogP contribution in [0.1, 0.15) is 72.7 Å². The summed E-state index contributed by atoms with van der Waals surface area (Å²) in [6, 6.07) is 4.53. The van der Waals surface area contributed by atoms with E-state index in [1.165, 1.54) is 4.88 Å². The number of likely N-dealkylation sites (tertiary alicyclic amines) is 1. The number of hydrogen-bond donors (Lipinski definition) is 1. The van der Waals surface area contributed by atoms with E-state index in [-0.39, 0.29) is 11.5 Å². The fourth-order valence-electron chi connectivity index (χ4n) is 7.21. The second-order valence-corrected chi connectivity index (χ2v) is 12.7. The molecule has 1 spiro atoms. The first-order chi connectivity index (χ1) is 19.9. The Hall–Kier alpha value is -3.82. The molecule has 1 fully saturated rings. The molecule has 3 atom stereocenters. The fourth-order valence-corrected chi connectivity index (χ4v) is 8.37. The Morgan fingerprint density at radius 3 is 2.76 bits per heavy atom. The number of nitriles is 1. The Labute approximate surface area is 242 Å². The molecular weight excluding hydrogens is 538 g/mol. The fraction of sp³-hybridized carbons (Fsp3) is 0.517. The molecule has 0 saturated carbocycles. The summed E-state index contributed by atoms with van der Waals surface area (Å²) < 4.78 is 14.2. The lowest BCUT2D eigenvalue weighted by atomic mass is 9.62. The highest BCUT2D eigenvalue weighted by molar-refractivity contribution is 7.16. The zero-order valence-electron chi connectivity index (χ0n) is 23.6. The van der Waals surface area contributed by atoms with Gasteiger partial charge >= 0.3 is 0 Å². The zero-order valence-corrected chi connectivity index (χ0v) is 24.4. The highest BCUT2D eigenvalue weighted by Crippen LogP contribution is 2.54. The number of fused-ring (bicyclic) bond motifs is 4. The largest absolute Gasteiger partial charge is 0.473 e. The number of ether oxygens (including phenoxy) is 1. The monoisotopic (exact) mass is 571 g/mol. The van der Waals surface area contributed by atoms with Crippen LogP contribution in [-0.4, -0.2) is 60.8 Å². The summed E-state index contributed by atoms with van der Waals surface area (Å²) in [5.74, 6) is 1.44. The number of rotatable bonds is 5. The van der Waals surface area contributed by atoms with Crippen LogP contribution in [-0.2, 0) is 25.3 Å². The molecule has 0 bridgehead atoms. The van der Waals surface area contributed by atoms with Crippen molar-refractivity contribution in [2.24, 2.45) is 7.05 Å². The van der Waals surface area contributed by atoms with Crippen molar-refractivity contribution in [1.82, 2.24) is 35.0 Å². The number of hydrogen-bond acceptors (Lipinski definition) is 11. The summed E-state index contributed by atoms with van der Waals surface area (Å²) in [7, 11) is 3.96. The molecule has 5 heterocycles. The van der Waals surface area contributed by atoms with E-state index < -0.39 is 0 Å². The van der Waals surface area contributed by atoms with Gasteiger partial charge in [-0.25, -0.2) is 4.98 Å². The first kappa shape index (κ1) is 26.1. The molecule has 4 aromatic heterocycles. The maximum atomic E-state index is 10.0. The molecule has 3 aliphatic rings. The topological polar surface area (TPSA) is 145 Å². The number of likely N-dealkylation sites (N-methyl/N-ethyl adjacent to an activating group) is 1. The van der Waals surface area contributed by atoms with Gasteiger partial charge < -0.3 is 15.0 Å². The molecule has 0 radical (unpaired) electrons. The number of anilines is 1. The average molecular weight is 572 g/mol. The van der Waals surface area contributed by atoms with E-state index in [0.29, 0.717) is 45.5 Å². The van der Waals surface area contributed by atoms with Crippen molar-refractivity contribution in [2.75, 3.05) is 19.3 Å². The maximum Gasteiger partial charge on any atom is 0.217 e. The van der Waals surface area contributed by atoms with E-state index in [1.54, 1.807) is 16.0 Å². The van der Waals surface area contributed by atoms with Crippen molar-refractivity contribution in [3.8, 4) is 34.9 Å². The molecule has 7 rings (SSSR count). The summed E-state index contributed by atoms with van der Waals surface area (Å²) >= 11 is 1.54. The summed E-state index contributed by atoms with van der Waals surface area (Å²) in [6.07, 6.45) is 9.52. The molecule has 0 unspecified atom stereocenters. The van der Waals surface area contributed by atoms with Gasteiger partial charge in [0.25, 0.3) is 0 Å². The number of nitrogen functional groups attached to an aromatic ring is 1. The van der Waals surface area contributed by atoms with Gasteiger partial charge in [0.05, 0.1) is 17.5 Å². The first-order valence-electron chi connectivity index (χ1n) is 14.3. The lowest BCUT2D eigenvalue weighted by molar-refractivity contribution is 0.117. The molecule has 11 nitrogen and oxygen atoms in total. The van der Waals surface area contributed by atoms with Gasteiger partial charge in [-0.15, -0.1) is 16.4 Å². The highest BCUT2D eigenvalue weighted by Gasteiger charge is 2.48. The van der Waals surface area contributed by atoms with Crippen molar-refractivity contribution >= 4 is 16.3 Å². The molecule has 4 aromatic rings. The second-order valence-electron chi connectivity index (χ2n) is 11.6. The van der Waals surface area contributed by atoms with Crippen LogP contribution in [0, 0.1) is 11.3 Å². The van der Waals surface area contributed by atoms with Gasteiger partial charge in [-0.2, -0.15) is 10.2 Å². The molecule has 212 valence electrons. The minimum absolute atomic E-state index is 0.0546. The minimum Gasteiger partial charge on any atom is -0.473 e. The van der Waals surface area contributed by atoms with Crippen LogP contribution in [0.4, 0.5) is 5.00 Å². The summed E-state index contributed by atoms with van der Waals surface area (Å²) in [5.41, 5.74) is 10.7. The lowest BCUT2D eigenvalue weighted by Crippen LogP contribution is -2.38. The predicted octanol–water partition coefficient (Wildman–Crippen LogP) is 4.26. The van der Waals surface area contributed by atoms with E-state index in [2.05, 4.69) is 40.4 Å². The smallest absolute Gasteiger partial charge is 0.217 e. The number of nitrogens with zero attached hydrogens (tertiary/aromatic N) is 8. The molecule has 41 heavy (non-hydrogen) atoms. The second kappa shape index (κ2) is 9.92. The third-order valence-electron chi connectivity index (χ3n) is 9.07. The average Bonchev–Trinajstić information content (AvgIpc) is 3.75. The molecular formula is C29H33N9O2S. The number of aromatic nitrogens is 6. The minimum atomic E-state index is -0.383. The summed E-state index contributed by atoms with van der Waals surface area (Å²) in [6.45, 7) is 3.16. The van der Waals surface area contributed by atoms with Gasteiger partial charge in [-0.05, 0) is 77.4 Å². The van der Waals surface area contributed by atoms with Crippen LogP contribution in [0.3, 0.4) is 0 Å². The zero-order chi connectivity index (χ0) is 28.3. The maximum absolute atomic E-state index is 10.0. The van der Waals surface area contributed by atoms with E-state index in [0.717, 1.165) is 74.7 Å². The Morgan fingerprint density at radius 2 is 2.02 bits per heavy atom. The summed E-state index contributed by atoms with van der Waals surface area (Å²) in [5, 5.41) is 23.7. The Balaban J connectivity index is 1.33. The van der Waals surface area contributed by atoms with Gasteiger partial charge in [0, 0.05) is 35.0 Å². The predicted molar refractivity (Wildman–Crippen MR) is 153 cm³/mol. The molecule has 2 N–H and O–H groups in total.